The van der Waals surface area contributed by atoms with Crippen LogP contribution in [0.1, 0.15) is 31.2 Å². The first-order valence-corrected chi connectivity index (χ1v) is 11.5. The molecule has 0 aliphatic carbocycles. The normalized spacial score (nSPS) is 19.3. The summed E-state index contributed by atoms with van der Waals surface area (Å²) in [7, 11) is 0. The van der Waals surface area contributed by atoms with Gasteiger partial charge >= 0.3 is 6.03 Å². The fraction of sp³-hybridized carbons (Fsp3) is 0.524. The van der Waals surface area contributed by atoms with Crippen LogP contribution in [0.3, 0.4) is 0 Å². The number of benzene rings is 1. The molecule has 8 heteroatoms. The second-order valence-electron chi connectivity index (χ2n) is 7.65. The fourth-order valence-electron chi connectivity index (χ4n) is 4.10. The number of nitrogens with one attached hydrogen (secondary N) is 1. The Morgan fingerprint density at radius 2 is 1.86 bits per heavy atom. The molecule has 2 fully saturated rings. The topological polar surface area (TPSA) is 57.7 Å². The van der Waals surface area contributed by atoms with E-state index in [1.807, 2.05) is 34.5 Å². The molecule has 2 aromatic rings. The SMILES string of the molecule is O=C(NCc1ccc(Cl)cc1)N1CCC(N2CCC(Oc3nccs3)CC2)CC1. The lowest BCUT2D eigenvalue weighted by molar-refractivity contribution is 0.0534. The molecular formula is C21H27ClN4O2S. The highest BCUT2D eigenvalue weighted by Crippen LogP contribution is 2.24. The van der Waals surface area contributed by atoms with Crippen molar-refractivity contribution < 1.29 is 9.53 Å². The zero-order valence-electron chi connectivity index (χ0n) is 16.4. The number of rotatable bonds is 5. The molecule has 1 N–H and O–H groups in total. The molecule has 2 aliphatic rings. The number of carbonyl (C=O) groups is 1. The summed E-state index contributed by atoms with van der Waals surface area (Å²) in [6.07, 6.45) is 6.21. The molecule has 0 saturated carbocycles. The van der Waals surface area contributed by atoms with Gasteiger partial charge in [-0.3, -0.25) is 4.90 Å². The summed E-state index contributed by atoms with van der Waals surface area (Å²) < 4.78 is 5.96. The molecule has 2 amide bonds. The number of nitrogens with zero attached hydrogens (tertiary/aromatic N) is 3. The van der Waals surface area contributed by atoms with Crippen molar-refractivity contribution in [1.82, 2.24) is 20.1 Å². The van der Waals surface area contributed by atoms with Gasteiger partial charge in [0.25, 0.3) is 5.19 Å². The summed E-state index contributed by atoms with van der Waals surface area (Å²) in [6.45, 7) is 4.27. The Morgan fingerprint density at radius 3 is 2.52 bits per heavy atom. The minimum Gasteiger partial charge on any atom is -0.467 e. The number of thiazole rings is 1. The van der Waals surface area contributed by atoms with E-state index in [1.165, 1.54) is 0 Å². The first kappa shape index (κ1) is 20.4. The molecule has 2 aliphatic heterocycles. The van der Waals surface area contributed by atoms with E-state index >= 15 is 0 Å². The molecule has 6 nitrogen and oxygen atoms in total. The van der Waals surface area contributed by atoms with Crippen LogP contribution in [0.5, 0.6) is 5.19 Å². The zero-order chi connectivity index (χ0) is 20.1. The lowest BCUT2D eigenvalue weighted by atomic mass is 9.99. The largest absolute Gasteiger partial charge is 0.467 e. The molecule has 4 rings (SSSR count). The van der Waals surface area contributed by atoms with Crippen LogP contribution in [-0.4, -0.2) is 59.1 Å². The average molecular weight is 435 g/mol. The van der Waals surface area contributed by atoms with E-state index in [9.17, 15) is 4.79 Å². The van der Waals surface area contributed by atoms with Crippen LogP contribution in [-0.2, 0) is 6.54 Å². The van der Waals surface area contributed by atoms with Crippen LogP contribution in [0.4, 0.5) is 4.79 Å². The van der Waals surface area contributed by atoms with Gasteiger partial charge in [0.1, 0.15) is 6.10 Å². The van der Waals surface area contributed by atoms with Crippen LogP contribution in [0.25, 0.3) is 0 Å². The van der Waals surface area contributed by atoms with E-state index in [2.05, 4.69) is 15.2 Å². The van der Waals surface area contributed by atoms with Gasteiger partial charge in [-0.25, -0.2) is 9.78 Å². The number of piperidine rings is 2. The van der Waals surface area contributed by atoms with Gasteiger partial charge in [-0.05, 0) is 43.4 Å². The molecule has 0 bridgehead atoms. The lowest BCUT2D eigenvalue weighted by Crippen LogP contribution is -2.51. The van der Waals surface area contributed by atoms with Crippen LogP contribution < -0.4 is 10.1 Å². The van der Waals surface area contributed by atoms with Crippen molar-refractivity contribution in [2.24, 2.45) is 0 Å². The van der Waals surface area contributed by atoms with E-state index < -0.39 is 0 Å². The fourth-order valence-corrected chi connectivity index (χ4v) is 4.77. The number of likely N-dealkylation sites (tertiary alicyclic amines) is 2. The van der Waals surface area contributed by atoms with Crippen LogP contribution >= 0.6 is 22.9 Å². The predicted octanol–water partition coefficient (Wildman–Crippen LogP) is 4.01. The second kappa shape index (κ2) is 9.78. The Kier molecular flexibility index (Phi) is 6.90. The monoisotopic (exact) mass is 434 g/mol. The number of aromatic nitrogens is 1. The molecule has 2 saturated heterocycles. The summed E-state index contributed by atoms with van der Waals surface area (Å²) in [5, 5.41) is 6.45. The summed E-state index contributed by atoms with van der Waals surface area (Å²) in [6, 6.07) is 8.16. The van der Waals surface area contributed by atoms with Crippen molar-refractivity contribution in [3.05, 3.63) is 46.4 Å². The Bertz CT molecular complexity index is 770. The first-order valence-electron chi connectivity index (χ1n) is 10.2. The van der Waals surface area contributed by atoms with E-state index in [4.69, 9.17) is 16.3 Å². The van der Waals surface area contributed by atoms with Gasteiger partial charge in [0.2, 0.25) is 0 Å². The molecule has 0 radical (unpaired) electrons. The molecule has 3 heterocycles. The third kappa shape index (κ3) is 5.62. The smallest absolute Gasteiger partial charge is 0.317 e. The molecule has 29 heavy (non-hydrogen) atoms. The van der Waals surface area contributed by atoms with Crippen molar-refractivity contribution in [2.45, 2.75) is 44.4 Å². The second-order valence-corrected chi connectivity index (χ2v) is 8.95. The quantitative estimate of drug-likeness (QED) is 0.772. The molecule has 0 spiro atoms. The van der Waals surface area contributed by atoms with Gasteiger partial charge in [0.05, 0.1) is 0 Å². The molecule has 1 aromatic heterocycles. The predicted molar refractivity (Wildman–Crippen MR) is 116 cm³/mol. The Hall–Kier alpha value is -1.83. The standard InChI is InChI=1S/C21H27ClN4O2S/c22-17-3-1-16(2-4-17)15-24-20(27)26-10-5-18(6-11-26)25-12-7-19(8-13-25)28-21-23-9-14-29-21/h1-4,9,14,18-19H,5-8,10-13,15H2,(H,24,27). The number of ether oxygens (including phenoxy) is 1. The van der Waals surface area contributed by atoms with Gasteiger partial charge in [0, 0.05) is 55.4 Å². The van der Waals surface area contributed by atoms with Gasteiger partial charge in [-0.2, -0.15) is 0 Å². The number of hydrogen-bond donors (Lipinski definition) is 1. The van der Waals surface area contributed by atoms with Crippen LogP contribution in [0, 0.1) is 0 Å². The number of hydrogen-bond acceptors (Lipinski definition) is 5. The number of carbonyl (C=O) groups excluding carboxylic acids is 1. The van der Waals surface area contributed by atoms with Gasteiger partial charge < -0.3 is 15.0 Å². The first-order chi connectivity index (χ1) is 14.2. The molecule has 0 unspecified atom stereocenters. The Morgan fingerprint density at radius 1 is 1.14 bits per heavy atom. The highest BCUT2D eigenvalue weighted by Gasteiger charge is 2.30. The summed E-state index contributed by atoms with van der Waals surface area (Å²) in [4.78, 5) is 21.2. The molecule has 156 valence electrons. The zero-order valence-corrected chi connectivity index (χ0v) is 18.0. The maximum absolute atomic E-state index is 12.5. The minimum atomic E-state index is 0.0222. The highest BCUT2D eigenvalue weighted by atomic mass is 35.5. The van der Waals surface area contributed by atoms with E-state index in [0.717, 1.165) is 62.6 Å². The van der Waals surface area contributed by atoms with Gasteiger partial charge in [0.15, 0.2) is 0 Å². The number of urea groups is 1. The summed E-state index contributed by atoms with van der Waals surface area (Å²) >= 11 is 7.46. The van der Waals surface area contributed by atoms with Crippen molar-refractivity contribution in [3.8, 4) is 5.19 Å². The number of halogens is 1. The van der Waals surface area contributed by atoms with E-state index in [0.29, 0.717) is 17.6 Å². The lowest BCUT2D eigenvalue weighted by Gasteiger charge is -2.41. The van der Waals surface area contributed by atoms with Crippen molar-refractivity contribution in [3.63, 3.8) is 0 Å². The molecule has 0 atom stereocenters. The highest BCUT2D eigenvalue weighted by molar-refractivity contribution is 7.11. The van der Waals surface area contributed by atoms with Crippen molar-refractivity contribution in [1.29, 1.82) is 0 Å². The van der Waals surface area contributed by atoms with Crippen molar-refractivity contribution >= 4 is 29.0 Å². The van der Waals surface area contributed by atoms with Crippen LogP contribution in [0.15, 0.2) is 35.8 Å². The maximum Gasteiger partial charge on any atom is 0.317 e. The van der Waals surface area contributed by atoms with Crippen molar-refractivity contribution in [2.75, 3.05) is 26.2 Å². The molecular weight excluding hydrogens is 408 g/mol. The summed E-state index contributed by atoms with van der Waals surface area (Å²) in [5.74, 6) is 0. The number of amides is 2. The summed E-state index contributed by atoms with van der Waals surface area (Å²) in [5.41, 5.74) is 1.06. The van der Waals surface area contributed by atoms with Crippen LogP contribution in [0.2, 0.25) is 5.02 Å². The Labute approximate surface area is 180 Å². The van der Waals surface area contributed by atoms with E-state index in [-0.39, 0.29) is 12.1 Å². The molecule has 1 aromatic carbocycles. The third-order valence-electron chi connectivity index (χ3n) is 5.78. The van der Waals surface area contributed by atoms with Gasteiger partial charge in [-0.15, -0.1) is 0 Å². The van der Waals surface area contributed by atoms with Gasteiger partial charge in [-0.1, -0.05) is 35.1 Å². The Balaban J connectivity index is 1.16. The minimum absolute atomic E-state index is 0.0222. The average Bonchev–Trinajstić information content (AvgIpc) is 3.27. The van der Waals surface area contributed by atoms with E-state index in [1.54, 1.807) is 17.5 Å². The maximum atomic E-state index is 12.5. The third-order valence-corrected chi connectivity index (χ3v) is 6.69.